The van der Waals surface area contributed by atoms with Crippen molar-refractivity contribution >= 4 is 27.3 Å². The Morgan fingerprint density at radius 3 is 2.20 bits per heavy atom. The van der Waals surface area contributed by atoms with E-state index < -0.39 is 10.0 Å². The summed E-state index contributed by atoms with van der Waals surface area (Å²) in [5.74, 6) is 0.493. The van der Waals surface area contributed by atoms with Crippen LogP contribution in [0.25, 0.3) is 0 Å². The first kappa shape index (κ1) is 18.8. The molecule has 0 saturated heterocycles. The molecule has 0 aliphatic carbocycles. The number of anilines is 2. The van der Waals surface area contributed by atoms with Crippen molar-refractivity contribution in [1.82, 2.24) is 0 Å². The number of aryl methyl sites for hydroxylation is 2. The fraction of sp³-hybridized carbons (Fsp3) is 0.278. The second-order valence-corrected chi connectivity index (χ2v) is 7.33. The second kappa shape index (κ2) is 7.57. The highest BCUT2D eigenvalue weighted by atomic mass is 32.2. The average Bonchev–Trinajstić information content (AvgIpc) is 2.52. The highest BCUT2D eigenvalue weighted by molar-refractivity contribution is 7.92. The van der Waals surface area contributed by atoms with Crippen LogP contribution in [0.4, 0.5) is 11.4 Å². The molecule has 6 nitrogen and oxygen atoms in total. The van der Waals surface area contributed by atoms with Crippen LogP contribution < -0.4 is 14.8 Å². The topological polar surface area (TPSA) is 84.5 Å². The van der Waals surface area contributed by atoms with Crippen LogP contribution in [-0.2, 0) is 14.8 Å². The van der Waals surface area contributed by atoms with E-state index in [1.54, 1.807) is 43.3 Å². The molecule has 2 N–H and O–H groups in total. The maximum atomic E-state index is 12.7. The Bertz CT molecular complexity index is 875. The summed E-state index contributed by atoms with van der Waals surface area (Å²) in [5, 5.41) is 2.63. The maximum Gasteiger partial charge on any atom is 0.262 e. The van der Waals surface area contributed by atoms with Crippen LogP contribution in [0, 0.1) is 13.8 Å². The predicted molar refractivity (Wildman–Crippen MR) is 98.6 cm³/mol. The molecule has 2 aromatic rings. The minimum absolute atomic E-state index is 0.186. The Morgan fingerprint density at radius 2 is 1.64 bits per heavy atom. The number of rotatable bonds is 6. The van der Waals surface area contributed by atoms with Crippen molar-refractivity contribution in [2.75, 3.05) is 16.6 Å². The highest BCUT2D eigenvalue weighted by Crippen LogP contribution is 2.27. The molecule has 7 heteroatoms. The lowest BCUT2D eigenvalue weighted by molar-refractivity contribution is -0.114. The Morgan fingerprint density at radius 1 is 1.04 bits per heavy atom. The van der Waals surface area contributed by atoms with Gasteiger partial charge in [0, 0.05) is 18.3 Å². The number of hydrogen-bond donors (Lipinski definition) is 2. The van der Waals surface area contributed by atoms with Crippen molar-refractivity contribution in [2.45, 2.75) is 32.6 Å². The van der Waals surface area contributed by atoms with Gasteiger partial charge >= 0.3 is 0 Å². The van der Waals surface area contributed by atoms with E-state index in [4.69, 9.17) is 4.74 Å². The lowest BCUT2D eigenvalue weighted by Crippen LogP contribution is -2.15. The van der Waals surface area contributed by atoms with Crippen LogP contribution in [0.15, 0.2) is 41.3 Å². The summed E-state index contributed by atoms with van der Waals surface area (Å²) in [6.07, 6.45) is 0. The Labute approximate surface area is 148 Å². The van der Waals surface area contributed by atoms with Crippen molar-refractivity contribution in [2.24, 2.45) is 0 Å². The molecule has 0 bridgehead atoms. The van der Waals surface area contributed by atoms with Crippen molar-refractivity contribution < 1.29 is 17.9 Å². The maximum absolute atomic E-state index is 12.7. The molecule has 25 heavy (non-hydrogen) atoms. The standard InChI is InChI=1S/C18H22N2O4S/c1-5-24-17-10-13(3)18(11-12(17)2)25(22,23)20-16-8-6-15(7-9-16)19-14(4)21/h6-11,20H,5H2,1-4H3,(H,19,21). The molecule has 0 unspecified atom stereocenters. The molecule has 0 atom stereocenters. The van der Waals surface area contributed by atoms with Crippen molar-refractivity contribution in [3.05, 3.63) is 47.5 Å². The lowest BCUT2D eigenvalue weighted by atomic mass is 10.1. The smallest absolute Gasteiger partial charge is 0.262 e. The Kier molecular flexibility index (Phi) is 5.69. The van der Waals surface area contributed by atoms with E-state index in [2.05, 4.69) is 10.0 Å². The molecular weight excluding hydrogens is 340 g/mol. The van der Waals surface area contributed by atoms with Crippen molar-refractivity contribution in [1.29, 1.82) is 0 Å². The fourth-order valence-electron chi connectivity index (χ4n) is 2.40. The number of amides is 1. The third kappa shape index (κ3) is 4.73. The van der Waals surface area contributed by atoms with E-state index in [0.29, 0.717) is 29.3 Å². The Hall–Kier alpha value is -2.54. The number of ether oxygens (including phenoxy) is 1. The number of nitrogens with one attached hydrogen (secondary N) is 2. The van der Waals surface area contributed by atoms with Crippen molar-refractivity contribution in [3.8, 4) is 5.75 Å². The molecule has 1 amide bonds. The van der Waals surface area contributed by atoms with E-state index in [-0.39, 0.29) is 10.8 Å². The van der Waals surface area contributed by atoms with Crippen LogP contribution in [0.1, 0.15) is 25.0 Å². The molecular formula is C18H22N2O4S. The summed E-state index contributed by atoms with van der Waals surface area (Å²) in [4.78, 5) is 11.2. The van der Waals surface area contributed by atoms with Crippen molar-refractivity contribution in [3.63, 3.8) is 0 Å². The normalized spacial score (nSPS) is 11.0. The third-order valence-electron chi connectivity index (χ3n) is 3.52. The molecule has 134 valence electrons. The minimum Gasteiger partial charge on any atom is -0.494 e. The monoisotopic (exact) mass is 362 g/mol. The number of hydrogen-bond acceptors (Lipinski definition) is 4. The number of carbonyl (C=O) groups excluding carboxylic acids is 1. The largest absolute Gasteiger partial charge is 0.494 e. The van der Waals surface area contributed by atoms with Crippen LogP contribution in [0.2, 0.25) is 0 Å². The molecule has 0 aliphatic heterocycles. The summed E-state index contributed by atoms with van der Waals surface area (Å²) in [6, 6.07) is 9.80. The lowest BCUT2D eigenvalue weighted by Gasteiger charge is -2.14. The molecule has 0 saturated carbocycles. The first-order valence-corrected chi connectivity index (χ1v) is 9.35. The molecule has 0 radical (unpaired) electrons. The van der Waals surface area contributed by atoms with Gasteiger partial charge in [-0.25, -0.2) is 8.42 Å². The number of carbonyl (C=O) groups is 1. The quantitative estimate of drug-likeness (QED) is 0.824. The summed E-state index contributed by atoms with van der Waals surface area (Å²) in [5.41, 5.74) is 2.38. The van der Waals surface area contributed by atoms with Crippen LogP contribution >= 0.6 is 0 Å². The summed E-state index contributed by atoms with van der Waals surface area (Å²) in [6.45, 7) is 7.35. The predicted octanol–water partition coefficient (Wildman–Crippen LogP) is 3.46. The molecule has 0 spiro atoms. The fourth-order valence-corrected chi connectivity index (χ4v) is 3.77. The van der Waals surface area contributed by atoms with Gasteiger partial charge in [0.2, 0.25) is 5.91 Å². The van der Waals surface area contributed by atoms with Crippen LogP contribution in [-0.4, -0.2) is 20.9 Å². The zero-order chi connectivity index (χ0) is 18.6. The number of benzene rings is 2. The highest BCUT2D eigenvalue weighted by Gasteiger charge is 2.19. The van der Waals surface area contributed by atoms with Gasteiger partial charge in [0.25, 0.3) is 10.0 Å². The van der Waals surface area contributed by atoms with Gasteiger partial charge in [0.05, 0.1) is 11.5 Å². The van der Waals surface area contributed by atoms with Crippen LogP contribution in [0.3, 0.4) is 0 Å². The average molecular weight is 362 g/mol. The second-order valence-electron chi connectivity index (χ2n) is 5.68. The van der Waals surface area contributed by atoms with Crippen LogP contribution in [0.5, 0.6) is 5.75 Å². The van der Waals surface area contributed by atoms with E-state index in [1.807, 2.05) is 13.8 Å². The zero-order valence-corrected chi connectivity index (χ0v) is 15.5. The van der Waals surface area contributed by atoms with E-state index in [0.717, 1.165) is 5.56 Å². The molecule has 2 rings (SSSR count). The van der Waals surface area contributed by atoms with Gasteiger partial charge in [-0.3, -0.25) is 9.52 Å². The van der Waals surface area contributed by atoms with Gasteiger partial charge < -0.3 is 10.1 Å². The third-order valence-corrected chi connectivity index (χ3v) is 5.04. The number of sulfonamides is 1. The van der Waals surface area contributed by atoms with Gasteiger partial charge in [-0.2, -0.15) is 0 Å². The van der Waals surface area contributed by atoms with E-state index >= 15 is 0 Å². The zero-order valence-electron chi connectivity index (χ0n) is 14.7. The van der Waals surface area contributed by atoms with E-state index in [9.17, 15) is 13.2 Å². The van der Waals surface area contributed by atoms with Gasteiger partial charge in [0.15, 0.2) is 0 Å². The minimum atomic E-state index is -3.73. The molecule has 0 aliphatic rings. The molecule has 0 aromatic heterocycles. The van der Waals surface area contributed by atoms with E-state index in [1.165, 1.54) is 6.92 Å². The molecule has 0 fully saturated rings. The SMILES string of the molecule is CCOc1cc(C)c(S(=O)(=O)Nc2ccc(NC(C)=O)cc2)cc1C. The summed E-state index contributed by atoms with van der Waals surface area (Å²) in [7, 11) is -3.73. The van der Waals surface area contributed by atoms with Gasteiger partial charge in [-0.1, -0.05) is 0 Å². The molecule has 2 aromatic carbocycles. The Balaban J connectivity index is 2.27. The summed E-state index contributed by atoms with van der Waals surface area (Å²) >= 11 is 0. The van der Waals surface area contributed by atoms with Gasteiger partial charge in [0.1, 0.15) is 5.75 Å². The first-order chi connectivity index (χ1) is 11.7. The first-order valence-electron chi connectivity index (χ1n) is 7.87. The van der Waals surface area contributed by atoms with Gasteiger partial charge in [-0.15, -0.1) is 0 Å². The molecule has 0 heterocycles. The van der Waals surface area contributed by atoms with Gasteiger partial charge in [-0.05, 0) is 68.3 Å². The summed E-state index contributed by atoms with van der Waals surface area (Å²) < 4.78 is 33.4.